The van der Waals surface area contributed by atoms with Gasteiger partial charge < -0.3 is 10.0 Å². The van der Waals surface area contributed by atoms with Crippen molar-refractivity contribution in [3.05, 3.63) is 58.4 Å². The van der Waals surface area contributed by atoms with Crippen molar-refractivity contribution in [1.82, 2.24) is 4.98 Å². The molecule has 0 aliphatic rings. The summed E-state index contributed by atoms with van der Waals surface area (Å²) in [5.74, 6) is 0.917. The number of hydrogen-bond donors (Lipinski definition) is 1. The van der Waals surface area contributed by atoms with Crippen LogP contribution in [0.3, 0.4) is 0 Å². The first-order chi connectivity index (χ1) is 9.78. The maximum absolute atomic E-state index is 9.38. The lowest BCUT2D eigenvalue weighted by Crippen LogP contribution is -2.18. The molecule has 0 unspecified atom stereocenters. The molecule has 0 amide bonds. The van der Waals surface area contributed by atoms with Gasteiger partial charge in [0.05, 0.1) is 18.8 Å². The first-order valence-corrected chi connectivity index (χ1v) is 7.39. The molecule has 0 saturated carbocycles. The molecule has 0 atom stereocenters. The highest BCUT2D eigenvalue weighted by atomic mass is 32.1. The largest absolute Gasteiger partial charge is 0.390 e. The van der Waals surface area contributed by atoms with Gasteiger partial charge in [0.2, 0.25) is 0 Å². The first-order valence-electron chi connectivity index (χ1n) is 6.51. The van der Waals surface area contributed by atoms with Gasteiger partial charge in [-0.05, 0) is 22.9 Å². The average Bonchev–Trinajstić information content (AvgIpc) is 2.98. The molecule has 3 aromatic rings. The van der Waals surface area contributed by atoms with Crippen LogP contribution in [0.4, 0.5) is 5.82 Å². The highest BCUT2D eigenvalue weighted by Crippen LogP contribution is 2.26. The van der Waals surface area contributed by atoms with Crippen LogP contribution in [0.5, 0.6) is 0 Å². The molecule has 2 aromatic heterocycles. The van der Waals surface area contributed by atoms with Crippen LogP contribution in [0.15, 0.2) is 47.8 Å². The van der Waals surface area contributed by atoms with Crippen LogP contribution in [0.2, 0.25) is 0 Å². The number of nitrogens with zero attached hydrogens (tertiary/aromatic N) is 2. The monoisotopic (exact) mass is 284 g/mol. The smallest absolute Gasteiger partial charge is 0.136 e. The zero-order valence-electron chi connectivity index (χ0n) is 11.3. The van der Waals surface area contributed by atoms with Gasteiger partial charge in [0.25, 0.3) is 0 Å². The molecular weight excluding hydrogens is 268 g/mol. The molecule has 102 valence electrons. The van der Waals surface area contributed by atoms with E-state index in [1.807, 2.05) is 25.2 Å². The van der Waals surface area contributed by atoms with Crippen molar-refractivity contribution in [2.45, 2.75) is 13.2 Å². The van der Waals surface area contributed by atoms with Gasteiger partial charge in [-0.2, -0.15) is 0 Å². The summed E-state index contributed by atoms with van der Waals surface area (Å²) in [5.41, 5.74) is 0.705. The van der Waals surface area contributed by atoms with Gasteiger partial charge >= 0.3 is 0 Å². The molecule has 1 N–H and O–H groups in total. The van der Waals surface area contributed by atoms with E-state index in [0.29, 0.717) is 5.69 Å². The predicted molar refractivity (Wildman–Crippen MR) is 84.1 cm³/mol. The van der Waals surface area contributed by atoms with E-state index in [-0.39, 0.29) is 6.61 Å². The van der Waals surface area contributed by atoms with E-state index >= 15 is 0 Å². The Kier molecular flexibility index (Phi) is 3.67. The van der Waals surface area contributed by atoms with Crippen LogP contribution < -0.4 is 4.90 Å². The molecule has 0 saturated heterocycles. The minimum atomic E-state index is -0.0370. The fraction of sp³-hybridized carbons (Fsp3) is 0.188. The van der Waals surface area contributed by atoms with Gasteiger partial charge in [-0.25, -0.2) is 4.98 Å². The number of fused-ring (bicyclic) bond motifs is 1. The zero-order chi connectivity index (χ0) is 13.9. The molecule has 3 rings (SSSR count). The highest BCUT2D eigenvalue weighted by Gasteiger charge is 2.10. The maximum Gasteiger partial charge on any atom is 0.136 e. The quantitative estimate of drug-likeness (QED) is 0.797. The van der Waals surface area contributed by atoms with E-state index in [2.05, 4.69) is 39.5 Å². The normalized spacial score (nSPS) is 10.9. The lowest BCUT2D eigenvalue weighted by Gasteiger charge is -2.20. The number of anilines is 1. The number of thiophene rings is 1. The van der Waals surface area contributed by atoms with E-state index in [0.717, 1.165) is 23.1 Å². The Labute approximate surface area is 122 Å². The van der Waals surface area contributed by atoms with E-state index in [9.17, 15) is 5.11 Å². The Hall–Kier alpha value is -1.91. The molecule has 4 heteroatoms. The molecule has 3 nitrogen and oxygen atoms in total. The van der Waals surface area contributed by atoms with Crippen molar-refractivity contribution in [1.29, 1.82) is 0 Å². The fourth-order valence-electron chi connectivity index (χ4n) is 2.32. The van der Waals surface area contributed by atoms with Gasteiger partial charge in [0, 0.05) is 17.3 Å². The number of pyridine rings is 1. The Morgan fingerprint density at radius 1 is 1.20 bits per heavy atom. The van der Waals surface area contributed by atoms with Crippen molar-refractivity contribution in [2.75, 3.05) is 11.9 Å². The van der Waals surface area contributed by atoms with Crippen molar-refractivity contribution >= 4 is 27.9 Å². The maximum atomic E-state index is 9.38. The lowest BCUT2D eigenvalue weighted by atomic mass is 10.1. The van der Waals surface area contributed by atoms with Crippen LogP contribution >= 0.6 is 11.3 Å². The first kappa shape index (κ1) is 13.1. The molecular formula is C16H16N2OS. The average molecular weight is 284 g/mol. The summed E-state index contributed by atoms with van der Waals surface area (Å²) in [7, 11) is 2.04. The molecule has 20 heavy (non-hydrogen) atoms. The van der Waals surface area contributed by atoms with E-state index in [1.165, 1.54) is 4.88 Å². The molecule has 0 aliphatic carbocycles. The lowest BCUT2D eigenvalue weighted by molar-refractivity contribution is 0.277. The van der Waals surface area contributed by atoms with Gasteiger partial charge in [-0.15, -0.1) is 11.3 Å². The van der Waals surface area contributed by atoms with Gasteiger partial charge in [0.15, 0.2) is 0 Å². The summed E-state index contributed by atoms with van der Waals surface area (Å²) < 4.78 is 0. The SMILES string of the molecule is CN(Cc1cccs1)c1nc(CO)cc2ccccc12. The van der Waals surface area contributed by atoms with Crippen molar-refractivity contribution in [3.8, 4) is 0 Å². The topological polar surface area (TPSA) is 36.4 Å². The molecule has 0 bridgehead atoms. The second-order valence-electron chi connectivity index (χ2n) is 4.75. The number of hydrogen-bond acceptors (Lipinski definition) is 4. The van der Waals surface area contributed by atoms with Crippen LogP contribution in [-0.2, 0) is 13.2 Å². The van der Waals surface area contributed by atoms with E-state index in [4.69, 9.17) is 0 Å². The summed E-state index contributed by atoms with van der Waals surface area (Å²) in [6.45, 7) is 0.786. The number of benzene rings is 1. The molecule has 0 spiro atoms. The van der Waals surface area contributed by atoms with Crippen LogP contribution in [0.1, 0.15) is 10.6 Å². The Morgan fingerprint density at radius 3 is 2.80 bits per heavy atom. The third-order valence-electron chi connectivity index (χ3n) is 3.27. The second-order valence-corrected chi connectivity index (χ2v) is 5.78. The van der Waals surface area contributed by atoms with E-state index in [1.54, 1.807) is 11.3 Å². The standard InChI is InChI=1S/C16H16N2OS/c1-18(10-14-6-4-8-20-14)16-15-7-3-2-5-12(15)9-13(11-19)17-16/h2-9,19H,10-11H2,1H3. The summed E-state index contributed by atoms with van der Waals surface area (Å²) in [4.78, 5) is 8.01. The van der Waals surface area contributed by atoms with Crippen molar-refractivity contribution in [3.63, 3.8) is 0 Å². The predicted octanol–water partition coefficient (Wildman–Crippen LogP) is 3.43. The number of aliphatic hydroxyl groups excluding tert-OH is 1. The molecule has 0 radical (unpaired) electrons. The van der Waals surface area contributed by atoms with Crippen LogP contribution in [-0.4, -0.2) is 17.1 Å². The molecule has 0 aliphatic heterocycles. The number of aliphatic hydroxyl groups is 1. The highest BCUT2D eigenvalue weighted by molar-refractivity contribution is 7.09. The summed E-state index contributed by atoms with van der Waals surface area (Å²) in [6.07, 6.45) is 0. The Bertz CT molecular complexity index is 710. The fourth-order valence-corrected chi connectivity index (χ4v) is 3.07. The molecule has 0 fully saturated rings. The van der Waals surface area contributed by atoms with Crippen molar-refractivity contribution in [2.24, 2.45) is 0 Å². The van der Waals surface area contributed by atoms with E-state index < -0.39 is 0 Å². The second kappa shape index (κ2) is 5.61. The summed E-state index contributed by atoms with van der Waals surface area (Å²) in [5, 5.41) is 13.7. The Balaban J connectivity index is 2.04. The molecule has 1 aromatic carbocycles. The minimum Gasteiger partial charge on any atom is -0.390 e. The summed E-state index contributed by atoms with van der Waals surface area (Å²) in [6, 6.07) is 14.3. The minimum absolute atomic E-state index is 0.0370. The van der Waals surface area contributed by atoms with Gasteiger partial charge in [0.1, 0.15) is 5.82 Å². The van der Waals surface area contributed by atoms with Crippen LogP contribution in [0, 0.1) is 0 Å². The third kappa shape index (κ3) is 2.53. The number of aromatic nitrogens is 1. The molecule has 2 heterocycles. The van der Waals surface area contributed by atoms with Gasteiger partial charge in [-0.3, -0.25) is 0 Å². The number of rotatable bonds is 4. The Morgan fingerprint density at radius 2 is 2.05 bits per heavy atom. The van der Waals surface area contributed by atoms with Crippen molar-refractivity contribution < 1.29 is 5.11 Å². The van der Waals surface area contributed by atoms with Crippen LogP contribution in [0.25, 0.3) is 10.8 Å². The summed E-state index contributed by atoms with van der Waals surface area (Å²) >= 11 is 1.74. The third-order valence-corrected chi connectivity index (χ3v) is 4.13. The zero-order valence-corrected chi connectivity index (χ0v) is 12.1. The van der Waals surface area contributed by atoms with Gasteiger partial charge in [-0.1, -0.05) is 30.3 Å².